The Morgan fingerprint density at radius 1 is 1.04 bits per heavy atom. The second kappa shape index (κ2) is 15.1. The first-order valence-corrected chi connectivity index (χ1v) is 15.6. The Morgan fingerprint density at radius 2 is 1.67 bits per heavy atom. The van der Waals surface area contributed by atoms with Crippen molar-refractivity contribution >= 4 is 27.7 Å². The average molecular weight is 655 g/mol. The van der Waals surface area contributed by atoms with Gasteiger partial charge in [-0.15, -0.1) is 0 Å². The summed E-state index contributed by atoms with van der Waals surface area (Å²) in [5.41, 5.74) is -1.18. The van der Waals surface area contributed by atoms with Crippen LogP contribution in [0.2, 0.25) is 0 Å². The summed E-state index contributed by atoms with van der Waals surface area (Å²) in [6, 6.07) is 14.4. The molecule has 0 radical (unpaired) electrons. The van der Waals surface area contributed by atoms with Crippen molar-refractivity contribution in [1.29, 1.82) is 5.26 Å². The second-order valence-electron chi connectivity index (χ2n) is 12.5. The fourth-order valence-corrected chi connectivity index (χ4v) is 6.14. The SMILES string of the molecule is CN(C(=O)C(F)(F)F)c1cccc(S(=O)(=O)N(C[C@@H](O)[C@H](Cc2ccccc2)NC(=O)OC(C)(C)C)CC(C)(C)CCC#N)c1. The van der Waals surface area contributed by atoms with Crippen LogP contribution in [0.3, 0.4) is 0 Å². The summed E-state index contributed by atoms with van der Waals surface area (Å²) in [6.45, 7) is 7.78. The van der Waals surface area contributed by atoms with E-state index in [0.29, 0.717) is 11.3 Å². The third kappa shape index (κ3) is 11.6. The number of aliphatic hydroxyl groups excluding tert-OH is 1. The van der Waals surface area contributed by atoms with Crippen molar-refractivity contribution in [2.24, 2.45) is 5.41 Å². The maximum absolute atomic E-state index is 14.1. The molecule has 0 heterocycles. The van der Waals surface area contributed by atoms with Gasteiger partial charge >= 0.3 is 18.2 Å². The van der Waals surface area contributed by atoms with Gasteiger partial charge in [0, 0.05) is 32.2 Å². The minimum atomic E-state index is -5.18. The van der Waals surface area contributed by atoms with E-state index >= 15 is 0 Å². The van der Waals surface area contributed by atoms with E-state index in [1.165, 1.54) is 18.2 Å². The van der Waals surface area contributed by atoms with Gasteiger partial charge in [-0.2, -0.15) is 22.7 Å². The van der Waals surface area contributed by atoms with Gasteiger partial charge in [0.15, 0.2) is 0 Å². The van der Waals surface area contributed by atoms with Crippen LogP contribution >= 0.6 is 0 Å². The zero-order chi connectivity index (χ0) is 34.2. The molecule has 2 aromatic carbocycles. The van der Waals surface area contributed by atoms with Crippen molar-refractivity contribution < 1.29 is 41.0 Å². The summed E-state index contributed by atoms with van der Waals surface area (Å²) >= 11 is 0. The molecular weight excluding hydrogens is 613 g/mol. The first-order chi connectivity index (χ1) is 20.7. The highest BCUT2D eigenvalue weighted by atomic mass is 32.2. The highest BCUT2D eigenvalue weighted by molar-refractivity contribution is 7.89. The highest BCUT2D eigenvalue weighted by Crippen LogP contribution is 2.30. The minimum absolute atomic E-state index is 0.118. The number of nitrogens with one attached hydrogen (secondary N) is 1. The van der Waals surface area contributed by atoms with E-state index in [1.54, 1.807) is 65.0 Å². The molecule has 2 rings (SSSR count). The predicted octanol–water partition coefficient (Wildman–Crippen LogP) is 5.03. The number of sulfonamides is 1. The standard InChI is InChI=1S/C31H41F3N4O6S/c1-29(2,3)44-28(41)36-25(18-22-12-8-7-9-13-22)26(39)20-38(21-30(4,5)16-11-17-35)45(42,43)24-15-10-14-23(19-24)37(6)27(40)31(32,33)34/h7-10,12-15,19,25-26,39H,11,16,18,20-21H2,1-6H3,(H,36,41)/t25-,26+/m0/s1. The molecule has 0 aliphatic heterocycles. The normalized spacial score (nSPS) is 13.9. The Balaban J connectivity index is 2.53. The number of aliphatic hydroxyl groups is 1. The molecule has 2 aromatic rings. The number of rotatable bonds is 13. The van der Waals surface area contributed by atoms with Gasteiger partial charge in [0.05, 0.1) is 23.1 Å². The number of anilines is 1. The van der Waals surface area contributed by atoms with E-state index in [4.69, 9.17) is 10.00 Å². The van der Waals surface area contributed by atoms with E-state index in [-0.39, 0.29) is 25.1 Å². The van der Waals surface area contributed by atoms with E-state index < -0.39 is 62.8 Å². The molecular formula is C31H41F3N4O6S. The Kier molecular flexibility index (Phi) is 12.6. The molecule has 0 aromatic heterocycles. The number of carbonyl (C=O) groups is 2. The largest absolute Gasteiger partial charge is 0.471 e. The summed E-state index contributed by atoms with van der Waals surface area (Å²) in [6.07, 6.45) is -6.93. The average Bonchev–Trinajstić information content (AvgIpc) is 2.93. The van der Waals surface area contributed by atoms with Crippen molar-refractivity contribution in [3.05, 3.63) is 60.2 Å². The number of nitrogens with zero attached hydrogens (tertiary/aromatic N) is 3. The molecule has 0 saturated heterocycles. The van der Waals surface area contributed by atoms with Gasteiger partial charge < -0.3 is 20.1 Å². The zero-order valence-corrected chi connectivity index (χ0v) is 27.1. The number of hydrogen-bond acceptors (Lipinski definition) is 7. The third-order valence-electron chi connectivity index (χ3n) is 6.76. The number of alkyl halides is 3. The van der Waals surface area contributed by atoms with E-state index in [2.05, 4.69) is 5.32 Å². The van der Waals surface area contributed by atoms with E-state index in [0.717, 1.165) is 23.0 Å². The quantitative estimate of drug-likeness (QED) is 0.309. The number of alkyl carbamates (subject to hydrolysis) is 1. The van der Waals surface area contributed by atoms with Gasteiger partial charge in [0.25, 0.3) is 0 Å². The minimum Gasteiger partial charge on any atom is -0.444 e. The Hall–Kier alpha value is -3.67. The first kappa shape index (κ1) is 37.5. The Bertz CT molecular complexity index is 1450. The molecule has 0 aliphatic carbocycles. The fourth-order valence-electron chi connectivity index (χ4n) is 4.45. The summed E-state index contributed by atoms with van der Waals surface area (Å²) in [5, 5.41) is 23.2. The fraction of sp³-hybridized carbons (Fsp3) is 0.516. The Labute approximate surface area is 262 Å². The molecule has 2 amide bonds. The molecule has 0 bridgehead atoms. The number of ether oxygens (including phenoxy) is 1. The van der Waals surface area contributed by atoms with Gasteiger partial charge in [-0.25, -0.2) is 13.2 Å². The lowest BCUT2D eigenvalue weighted by Crippen LogP contribution is -2.52. The third-order valence-corrected chi connectivity index (χ3v) is 8.57. The van der Waals surface area contributed by atoms with Crippen LogP contribution in [0.1, 0.15) is 53.0 Å². The molecule has 45 heavy (non-hydrogen) atoms. The number of halogens is 3. The monoisotopic (exact) mass is 654 g/mol. The van der Waals surface area contributed by atoms with Gasteiger partial charge in [0.1, 0.15) is 5.60 Å². The van der Waals surface area contributed by atoms with Crippen molar-refractivity contribution in [1.82, 2.24) is 9.62 Å². The van der Waals surface area contributed by atoms with E-state index in [9.17, 15) is 36.3 Å². The molecule has 0 aliphatic rings. The first-order valence-electron chi connectivity index (χ1n) is 14.2. The molecule has 0 spiro atoms. The molecule has 0 unspecified atom stereocenters. The number of amides is 2. The second-order valence-corrected chi connectivity index (χ2v) is 14.4. The van der Waals surface area contributed by atoms with Crippen LogP contribution in [-0.2, 0) is 26.0 Å². The van der Waals surface area contributed by atoms with Gasteiger partial charge in [-0.1, -0.05) is 50.2 Å². The van der Waals surface area contributed by atoms with Crippen LogP contribution in [0.25, 0.3) is 0 Å². The topological polar surface area (TPSA) is 140 Å². The maximum Gasteiger partial charge on any atom is 0.471 e. The van der Waals surface area contributed by atoms with Gasteiger partial charge in [-0.05, 0) is 62.8 Å². The van der Waals surface area contributed by atoms with Crippen molar-refractivity contribution in [2.45, 2.75) is 82.7 Å². The lowest BCUT2D eigenvalue weighted by Gasteiger charge is -2.35. The van der Waals surface area contributed by atoms with Crippen LogP contribution < -0.4 is 10.2 Å². The molecule has 10 nitrogen and oxygen atoms in total. The maximum atomic E-state index is 14.1. The van der Waals surface area contributed by atoms with Crippen LogP contribution in [0.15, 0.2) is 59.5 Å². The van der Waals surface area contributed by atoms with Crippen molar-refractivity contribution in [2.75, 3.05) is 25.0 Å². The lowest BCUT2D eigenvalue weighted by atomic mass is 9.88. The lowest BCUT2D eigenvalue weighted by molar-refractivity contribution is -0.170. The molecule has 14 heteroatoms. The molecule has 2 N–H and O–H groups in total. The number of hydrogen-bond donors (Lipinski definition) is 2. The number of benzene rings is 2. The molecule has 248 valence electrons. The van der Waals surface area contributed by atoms with E-state index in [1.807, 2.05) is 6.07 Å². The summed E-state index contributed by atoms with van der Waals surface area (Å²) in [5.74, 6) is -2.18. The molecule has 0 saturated carbocycles. The number of nitriles is 1. The summed E-state index contributed by atoms with van der Waals surface area (Å²) in [7, 11) is -3.63. The van der Waals surface area contributed by atoms with Gasteiger partial charge in [-0.3, -0.25) is 4.79 Å². The van der Waals surface area contributed by atoms with Crippen LogP contribution in [-0.4, -0.2) is 73.9 Å². The van der Waals surface area contributed by atoms with Crippen LogP contribution in [0.4, 0.5) is 23.7 Å². The highest BCUT2D eigenvalue weighted by Gasteiger charge is 2.42. The summed E-state index contributed by atoms with van der Waals surface area (Å²) in [4.78, 5) is 24.4. The predicted molar refractivity (Wildman–Crippen MR) is 163 cm³/mol. The Morgan fingerprint density at radius 3 is 2.22 bits per heavy atom. The van der Waals surface area contributed by atoms with Crippen LogP contribution in [0.5, 0.6) is 0 Å². The summed E-state index contributed by atoms with van der Waals surface area (Å²) < 4.78 is 73.7. The molecule has 2 atom stereocenters. The van der Waals surface area contributed by atoms with Crippen molar-refractivity contribution in [3.8, 4) is 6.07 Å². The smallest absolute Gasteiger partial charge is 0.444 e. The number of carbonyl (C=O) groups excluding carboxylic acids is 2. The van der Waals surface area contributed by atoms with Gasteiger partial charge in [0.2, 0.25) is 10.0 Å². The zero-order valence-electron chi connectivity index (χ0n) is 26.3. The molecule has 0 fully saturated rings. The van der Waals surface area contributed by atoms with Crippen molar-refractivity contribution in [3.63, 3.8) is 0 Å². The van der Waals surface area contributed by atoms with Crippen LogP contribution in [0, 0.1) is 16.7 Å².